The van der Waals surface area contributed by atoms with Gasteiger partial charge in [-0.15, -0.1) is 22.7 Å². The fourth-order valence-electron chi connectivity index (χ4n) is 10.2. The third kappa shape index (κ3) is 8.22. The summed E-state index contributed by atoms with van der Waals surface area (Å²) in [6, 6.07) is 23.1. The zero-order chi connectivity index (χ0) is 45.0. The molecule has 1 unspecified atom stereocenters. The van der Waals surface area contributed by atoms with Crippen molar-refractivity contribution in [3.05, 3.63) is 110 Å². The normalized spacial score (nSPS) is 18.8. The minimum Gasteiger partial charge on any atom is -0.381 e. The number of aromatic amines is 4. The van der Waals surface area contributed by atoms with Gasteiger partial charge in [-0.3, -0.25) is 19.5 Å². The number of thiophene rings is 2. The smallest absolute Gasteiger partial charge is 0.262 e. The summed E-state index contributed by atoms with van der Waals surface area (Å²) in [5, 5.41) is 16.3. The first kappa shape index (κ1) is 41.8. The molecule has 3 saturated heterocycles. The van der Waals surface area contributed by atoms with Crippen LogP contribution >= 0.6 is 22.7 Å². The topological polar surface area (TPSA) is 185 Å². The Bertz CT molecular complexity index is 3360. The molecule has 9 aromatic rings. The van der Waals surface area contributed by atoms with Crippen LogP contribution in [-0.4, -0.2) is 129 Å². The van der Waals surface area contributed by atoms with Crippen molar-refractivity contribution in [2.45, 2.75) is 31.5 Å². The molecule has 3 aliphatic rings. The molecule has 12 rings (SSSR count). The SMILES string of the molecule is CN1CCN(c2ccc3nc(-c4c(N[C@@H]5CCNC(CN6CCN(c7ccc8nc(-c9c(NCc%10ccccn%10)c%10sccc%10[nH]c9=O)[nH]c8c7)CC6)C5)c5ccsc5[nH]c4=O)[nH]c3c2)CC1. The van der Waals surface area contributed by atoms with Crippen LogP contribution in [0.25, 0.3) is 65.3 Å². The standard InChI is InChI=1S/C49H52N14O2S2/c1-60-14-18-62(19-15-60)32-5-7-35-38(25-32)56-45(54-35)40-42(34-10-22-67-49(34)59-48(40)65)53-29-9-13-51-31(24-29)28-61-16-20-63(21-17-61)33-6-8-36-39(26-33)57-46(55-36)41-43(52-27-30-4-2-3-12-50-30)44-37(11-23-66-44)58-47(41)64/h2-8,10-12,22-23,25-26,29,31,51H,9,13-21,24,27-28H2,1H3,(H,54,56)(H,55,57)(H2,52,58,64)(H2,53,59,65)/t29-,31?/m1/s1. The van der Waals surface area contributed by atoms with Gasteiger partial charge in [-0.25, -0.2) is 9.97 Å². The molecule has 2 atom stereocenters. The number of pyridine rings is 3. The number of H-pyrrole nitrogens is 4. The molecule has 0 radical (unpaired) electrons. The Kier molecular flexibility index (Phi) is 11.0. The molecule has 0 spiro atoms. The van der Waals surface area contributed by atoms with E-state index < -0.39 is 0 Å². The van der Waals surface area contributed by atoms with Crippen molar-refractivity contribution in [2.24, 2.45) is 0 Å². The van der Waals surface area contributed by atoms with Gasteiger partial charge >= 0.3 is 0 Å². The lowest BCUT2D eigenvalue weighted by Gasteiger charge is -2.40. The summed E-state index contributed by atoms with van der Waals surface area (Å²) < 4.78 is 0.968. The Labute approximate surface area is 393 Å². The highest BCUT2D eigenvalue weighted by atomic mass is 32.1. The maximum atomic E-state index is 13.9. The van der Waals surface area contributed by atoms with Crippen LogP contribution in [-0.2, 0) is 6.54 Å². The third-order valence-corrected chi connectivity index (χ3v) is 15.5. The summed E-state index contributed by atoms with van der Waals surface area (Å²) in [5.74, 6) is 1.12. The second kappa shape index (κ2) is 17.6. The monoisotopic (exact) mass is 932 g/mol. The van der Waals surface area contributed by atoms with E-state index in [0.717, 1.165) is 144 Å². The van der Waals surface area contributed by atoms with Gasteiger partial charge in [0.2, 0.25) is 0 Å². The second-order valence-electron chi connectivity index (χ2n) is 18.1. The number of anilines is 4. The molecule has 3 fully saturated rings. The fourth-order valence-corrected chi connectivity index (χ4v) is 11.8. The summed E-state index contributed by atoms with van der Waals surface area (Å²) in [6.07, 6.45) is 3.67. The van der Waals surface area contributed by atoms with Crippen LogP contribution in [0.1, 0.15) is 18.5 Å². The molecule has 0 bridgehead atoms. The molecule has 7 N–H and O–H groups in total. The van der Waals surface area contributed by atoms with Crippen molar-refractivity contribution in [1.82, 2.24) is 50.0 Å². The third-order valence-electron chi connectivity index (χ3n) is 13.8. The van der Waals surface area contributed by atoms with Crippen LogP contribution in [0, 0.1) is 0 Å². The number of imidazole rings is 2. The van der Waals surface area contributed by atoms with Crippen LogP contribution in [0.4, 0.5) is 22.7 Å². The molecular formula is C49H52N14O2S2. The molecule has 0 amide bonds. The van der Waals surface area contributed by atoms with Crippen molar-refractivity contribution < 1.29 is 0 Å². The number of piperazine rings is 2. The summed E-state index contributed by atoms with van der Waals surface area (Å²) in [5.41, 5.74) is 9.78. The number of rotatable bonds is 11. The van der Waals surface area contributed by atoms with Gasteiger partial charge < -0.3 is 50.6 Å². The summed E-state index contributed by atoms with van der Waals surface area (Å²) >= 11 is 3.13. The predicted molar refractivity (Wildman–Crippen MR) is 273 cm³/mol. The quantitative estimate of drug-likeness (QED) is 0.0731. The van der Waals surface area contributed by atoms with E-state index in [0.29, 0.717) is 35.4 Å². The lowest BCUT2D eigenvalue weighted by molar-refractivity contribution is 0.210. The van der Waals surface area contributed by atoms with E-state index in [9.17, 15) is 9.59 Å². The van der Waals surface area contributed by atoms with Crippen LogP contribution in [0.5, 0.6) is 0 Å². The fraction of sp³-hybridized carbons (Fsp3) is 0.327. The van der Waals surface area contributed by atoms with Crippen LogP contribution < -0.4 is 36.9 Å². The minimum atomic E-state index is -0.197. The number of piperidine rings is 1. The lowest BCUT2D eigenvalue weighted by Crippen LogP contribution is -2.53. The van der Waals surface area contributed by atoms with E-state index in [1.807, 2.05) is 41.1 Å². The highest BCUT2D eigenvalue weighted by Crippen LogP contribution is 2.37. The molecule has 0 aliphatic carbocycles. The Balaban J connectivity index is 0.718. The Morgan fingerprint density at radius 2 is 1.40 bits per heavy atom. The number of likely N-dealkylation sites (N-methyl/N-ethyl adjacent to an activating group) is 1. The number of nitrogens with zero attached hydrogens (tertiary/aromatic N) is 7. The van der Waals surface area contributed by atoms with Crippen LogP contribution in [0.2, 0.25) is 0 Å². The van der Waals surface area contributed by atoms with E-state index in [-0.39, 0.29) is 17.2 Å². The maximum Gasteiger partial charge on any atom is 0.262 e. The zero-order valence-corrected chi connectivity index (χ0v) is 38.8. The van der Waals surface area contributed by atoms with Crippen molar-refractivity contribution in [3.8, 4) is 22.8 Å². The largest absolute Gasteiger partial charge is 0.381 e. The van der Waals surface area contributed by atoms with Crippen molar-refractivity contribution in [1.29, 1.82) is 0 Å². The first-order valence-electron chi connectivity index (χ1n) is 23.2. The number of benzene rings is 2. The van der Waals surface area contributed by atoms with E-state index in [2.05, 4.69) is 104 Å². The van der Waals surface area contributed by atoms with Gasteiger partial charge in [0.1, 0.15) is 27.6 Å². The van der Waals surface area contributed by atoms with Gasteiger partial charge in [-0.2, -0.15) is 0 Å². The van der Waals surface area contributed by atoms with Gasteiger partial charge in [0.05, 0.1) is 55.9 Å². The minimum absolute atomic E-state index is 0.142. The highest BCUT2D eigenvalue weighted by molar-refractivity contribution is 7.18. The first-order valence-corrected chi connectivity index (χ1v) is 24.9. The zero-order valence-electron chi connectivity index (χ0n) is 37.2. The highest BCUT2D eigenvalue weighted by Gasteiger charge is 2.29. The number of aromatic nitrogens is 7. The summed E-state index contributed by atoms with van der Waals surface area (Å²) in [4.78, 5) is 65.8. The average molecular weight is 933 g/mol. The molecule has 67 heavy (non-hydrogen) atoms. The van der Waals surface area contributed by atoms with Crippen LogP contribution in [0.15, 0.2) is 93.3 Å². The molecule has 18 heteroatoms. The van der Waals surface area contributed by atoms with Gasteiger partial charge in [0.25, 0.3) is 11.1 Å². The molecule has 16 nitrogen and oxygen atoms in total. The number of fused-ring (bicyclic) bond motifs is 4. The lowest BCUT2D eigenvalue weighted by atomic mass is 9.97. The van der Waals surface area contributed by atoms with E-state index in [1.54, 1.807) is 28.9 Å². The van der Waals surface area contributed by atoms with Gasteiger partial charge in [0, 0.05) is 93.9 Å². The van der Waals surface area contributed by atoms with E-state index in [4.69, 9.17) is 9.97 Å². The Hall–Kier alpha value is -6.57. The molecule has 7 aromatic heterocycles. The molecule has 342 valence electrons. The van der Waals surface area contributed by atoms with Crippen LogP contribution in [0.3, 0.4) is 0 Å². The van der Waals surface area contributed by atoms with Crippen molar-refractivity contribution in [3.63, 3.8) is 0 Å². The van der Waals surface area contributed by atoms with E-state index in [1.165, 1.54) is 5.69 Å². The second-order valence-corrected chi connectivity index (χ2v) is 19.9. The molecule has 3 aliphatic heterocycles. The summed E-state index contributed by atoms with van der Waals surface area (Å²) in [6.45, 7) is 10.1. The first-order chi connectivity index (χ1) is 32.9. The number of hydrogen-bond donors (Lipinski definition) is 7. The van der Waals surface area contributed by atoms with Crippen molar-refractivity contribution in [2.75, 3.05) is 92.9 Å². The van der Waals surface area contributed by atoms with Crippen molar-refractivity contribution >= 4 is 87.9 Å². The van der Waals surface area contributed by atoms with Gasteiger partial charge in [0.15, 0.2) is 0 Å². The van der Waals surface area contributed by atoms with Gasteiger partial charge in [-0.1, -0.05) is 6.07 Å². The molecular weight excluding hydrogens is 881 g/mol. The molecule has 0 saturated carbocycles. The molecule has 2 aromatic carbocycles. The van der Waals surface area contributed by atoms with E-state index >= 15 is 0 Å². The number of hydrogen-bond acceptors (Lipinski definition) is 14. The Morgan fingerprint density at radius 1 is 0.716 bits per heavy atom. The Morgan fingerprint density at radius 3 is 2.12 bits per heavy atom. The average Bonchev–Trinajstić information content (AvgIpc) is 4.18. The number of nitrogens with one attached hydrogen (secondary N) is 7. The molecule has 10 heterocycles. The van der Waals surface area contributed by atoms with Gasteiger partial charge in [-0.05, 0) is 97.9 Å². The summed E-state index contributed by atoms with van der Waals surface area (Å²) in [7, 11) is 2.17. The predicted octanol–water partition coefficient (Wildman–Crippen LogP) is 6.69. The maximum absolute atomic E-state index is 13.9.